The third-order valence-corrected chi connectivity index (χ3v) is 3.34. The number of hydrogen-bond acceptors (Lipinski definition) is 2. The van der Waals surface area contributed by atoms with Gasteiger partial charge in [-0.05, 0) is 35.9 Å². The van der Waals surface area contributed by atoms with Crippen molar-refractivity contribution in [3.05, 3.63) is 69.2 Å². The van der Waals surface area contributed by atoms with Gasteiger partial charge < -0.3 is 5.32 Å². The topological polar surface area (TPSA) is 42.0 Å². The summed E-state index contributed by atoms with van der Waals surface area (Å²) in [5, 5.41) is 3.08. The Labute approximate surface area is 135 Å². The number of halogens is 3. The molecular formula is C15H11BrClFN2O. The van der Waals surface area contributed by atoms with E-state index in [0.717, 1.165) is 10.0 Å². The summed E-state index contributed by atoms with van der Waals surface area (Å²) in [6, 6.07) is 7.95. The maximum absolute atomic E-state index is 13.5. The summed E-state index contributed by atoms with van der Waals surface area (Å²) >= 11 is 8.92. The standard InChI is InChI=1S/C15H11BrClFN2O/c16-12-3-4-13(18)11(7-12)2-6-15(21)20-9-10-1-5-14(17)19-8-10/h1-8H,9H2,(H,20,21)/b6-2+. The molecule has 0 aliphatic carbocycles. The number of nitrogens with zero attached hydrogens (tertiary/aromatic N) is 1. The zero-order valence-corrected chi connectivity index (χ0v) is 13.2. The fourth-order valence-electron chi connectivity index (χ4n) is 1.57. The summed E-state index contributed by atoms with van der Waals surface area (Å²) in [4.78, 5) is 15.6. The second kappa shape index (κ2) is 7.33. The Morgan fingerprint density at radius 3 is 2.90 bits per heavy atom. The minimum atomic E-state index is -0.385. The van der Waals surface area contributed by atoms with Crippen molar-refractivity contribution in [2.45, 2.75) is 6.54 Å². The van der Waals surface area contributed by atoms with Crippen LogP contribution < -0.4 is 5.32 Å². The van der Waals surface area contributed by atoms with Gasteiger partial charge in [0.05, 0.1) is 0 Å². The molecule has 2 rings (SSSR count). The van der Waals surface area contributed by atoms with Gasteiger partial charge in [0, 0.05) is 28.9 Å². The number of hydrogen-bond donors (Lipinski definition) is 1. The first-order chi connectivity index (χ1) is 10.0. The van der Waals surface area contributed by atoms with E-state index in [1.165, 1.54) is 18.2 Å². The van der Waals surface area contributed by atoms with Crippen LogP contribution in [0, 0.1) is 5.82 Å². The van der Waals surface area contributed by atoms with Gasteiger partial charge >= 0.3 is 0 Å². The zero-order valence-electron chi connectivity index (χ0n) is 10.8. The van der Waals surface area contributed by atoms with Crippen LogP contribution in [0.4, 0.5) is 4.39 Å². The van der Waals surface area contributed by atoms with Gasteiger partial charge in [-0.3, -0.25) is 4.79 Å². The molecular weight excluding hydrogens is 359 g/mol. The zero-order chi connectivity index (χ0) is 15.2. The largest absolute Gasteiger partial charge is 0.348 e. The van der Waals surface area contributed by atoms with Crippen molar-refractivity contribution in [1.82, 2.24) is 10.3 Å². The molecule has 21 heavy (non-hydrogen) atoms. The monoisotopic (exact) mass is 368 g/mol. The van der Waals surface area contributed by atoms with E-state index < -0.39 is 0 Å². The Hall–Kier alpha value is -1.72. The van der Waals surface area contributed by atoms with Gasteiger partial charge in [-0.25, -0.2) is 9.37 Å². The molecule has 0 bridgehead atoms. The molecule has 0 aliphatic rings. The van der Waals surface area contributed by atoms with Crippen molar-refractivity contribution in [2.24, 2.45) is 0 Å². The van der Waals surface area contributed by atoms with E-state index >= 15 is 0 Å². The fourth-order valence-corrected chi connectivity index (χ4v) is 2.06. The second-order valence-corrected chi connectivity index (χ2v) is 5.51. The highest BCUT2D eigenvalue weighted by Gasteiger charge is 2.01. The lowest BCUT2D eigenvalue weighted by atomic mass is 10.2. The smallest absolute Gasteiger partial charge is 0.244 e. The number of carbonyl (C=O) groups is 1. The van der Waals surface area contributed by atoms with Gasteiger partial charge in [-0.2, -0.15) is 0 Å². The van der Waals surface area contributed by atoms with Gasteiger partial charge in [-0.1, -0.05) is 33.6 Å². The minimum absolute atomic E-state index is 0.315. The summed E-state index contributed by atoms with van der Waals surface area (Å²) in [7, 11) is 0. The Kier molecular flexibility index (Phi) is 5.47. The molecule has 0 aliphatic heterocycles. The summed E-state index contributed by atoms with van der Waals surface area (Å²) in [6.45, 7) is 0.328. The van der Waals surface area contributed by atoms with Crippen LogP contribution in [0.5, 0.6) is 0 Å². The Morgan fingerprint density at radius 1 is 1.38 bits per heavy atom. The lowest BCUT2D eigenvalue weighted by Gasteiger charge is -2.02. The molecule has 2 aromatic rings. The molecule has 1 amide bonds. The van der Waals surface area contributed by atoms with E-state index in [4.69, 9.17) is 11.6 Å². The van der Waals surface area contributed by atoms with Gasteiger partial charge in [0.25, 0.3) is 0 Å². The molecule has 0 saturated heterocycles. The average Bonchev–Trinajstić information content (AvgIpc) is 2.47. The van der Waals surface area contributed by atoms with Crippen LogP contribution in [-0.2, 0) is 11.3 Å². The normalized spacial score (nSPS) is 10.8. The van der Waals surface area contributed by atoms with E-state index in [1.807, 2.05) is 0 Å². The number of nitrogens with one attached hydrogen (secondary N) is 1. The van der Waals surface area contributed by atoms with Gasteiger partial charge in [-0.15, -0.1) is 0 Å². The third-order valence-electron chi connectivity index (χ3n) is 2.63. The molecule has 0 fully saturated rings. The highest BCUT2D eigenvalue weighted by atomic mass is 79.9. The average molecular weight is 370 g/mol. The summed E-state index contributed by atoms with van der Waals surface area (Å²) in [5.41, 5.74) is 1.17. The van der Waals surface area contributed by atoms with E-state index in [-0.39, 0.29) is 11.7 Å². The predicted molar refractivity (Wildman–Crippen MR) is 84.2 cm³/mol. The van der Waals surface area contributed by atoms with Gasteiger partial charge in [0.15, 0.2) is 0 Å². The van der Waals surface area contributed by atoms with Crippen molar-refractivity contribution in [3.63, 3.8) is 0 Å². The van der Waals surface area contributed by atoms with Crippen molar-refractivity contribution < 1.29 is 9.18 Å². The quantitative estimate of drug-likeness (QED) is 0.654. The van der Waals surface area contributed by atoms with Crippen molar-refractivity contribution in [1.29, 1.82) is 0 Å². The lowest BCUT2D eigenvalue weighted by molar-refractivity contribution is -0.116. The molecule has 6 heteroatoms. The molecule has 0 spiro atoms. The van der Waals surface area contributed by atoms with Crippen molar-refractivity contribution in [2.75, 3.05) is 0 Å². The van der Waals surface area contributed by atoms with Crippen LogP contribution in [0.3, 0.4) is 0 Å². The molecule has 1 aromatic heterocycles. The molecule has 3 nitrogen and oxygen atoms in total. The first kappa shape index (κ1) is 15.7. The molecule has 0 atom stereocenters. The molecule has 1 N–H and O–H groups in total. The van der Waals surface area contributed by atoms with Crippen molar-refractivity contribution in [3.8, 4) is 0 Å². The predicted octanol–water partition coefficient (Wildman–Crippen LogP) is 3.97. The molecule has 1 aromatic carbocycles. The number of benzene rings is 1. The van der Waals surface area contributed by atoms with Crippen LogP contribution in [0.1, 0.15) is 11.1 Å². The fraction of sp³-hybridized carbons (Fsp3) is 0.0667. The Bertz CT molecular complexity index is 674. The summed E-state index contributed by atoms with van der Waals surface area (Å²) in [5.74, 6) is -0.700. The maximum Gasteiger partial charge on any atom is 0.244 e. The molecule has 108 valence electrons. The van der Waals surface area contributed by atoms with Crippen LogP contribution >= 0.6 is 27.5 Å². The minimum Gasteiger partial charge on any atom is -0.348 e. The first-order valence-electron chi connectivity index (χ1n) is 6.06. The van der Waals surface area contributed by atoms with E-state index in [2.05, 4.69) is 26.2 Å². The lowest BCUT2D eigenvalue weighted by Crippen LogP contribution is -2.20. The second-order valence-electron chi connectivity index (χ2n) is 4.21. The van der Waals surface area contributed by atoms with Crippen LogP contribution in [0.25, 0.3) is 6.08 Å². The maximum atomic E-state index is 13.5. The molecule has 0 radical (unpaired) electrons. The Morgan fingerprint density at radius 2 is 2.19 bits per heavy atom. The number of aromatic nitrogens is 1. The summed E-state index contributed by atoms with van der Waals surface area (Å²) < 4.78 is 14.2. The van der Waals surface area contributed by atoms with E-state index in [0.29, 0.717) is 17.3 Å². The highest BCUT2D eigenvalue weighted by Crippen LogP contribution is 2.16. The molecule has 0 unspecified atom stereocenters. The van der Waals surface area contributed by atoms with Crippen LogP contribution in [0.2, 0.25) is 5.15 Å². The summed E-state index contributed by atoms with van der Waals surface area (Å²) in [6.07, 6.45) is 4.30. The SMILES string of the molecule is O=C(/C=C/c1cc(Br)ccc1F)NCc1ccc(Cl)nc1. The van der Waals surface area contributed by atoms with Crippen LogP contribution in [-0.4, -0.2) is 10.9 Å². The number of carbonyl (C=O) groups excluding carboxylic acids is 1. The van der Waals surface area contributed by atoms with Gasteiger partial charge in [0.1, 0.15) is 11.0 Å². The van der Waals surface area contributed by atoms with Crippen molar-refractivity contribution >= 4 is 39.5 Å². The van der Waals surface area contributed by atoms with E-state index in [1.54, 1.807) is 30.5 Å². The number of pyridine rings is 1. The number of rotatable bonds is 4. The van der Waals surface area contributed by atoms with Crippen LogP contribution in [0.15, 0.2) is 47.1 Å². The highest BCUT2D eigenvalue weighted by molar-refractivity contribution is 9.10. The third kappa shape index (κ3) is 4.95. The Balaban J connectivity index is 1.93. The molecule has 0 saturated carbocycles. The first-order valence-corrected chi connectivity index (χ1v) is 7.23. The van der Waals surface area contributed by atoms with Gasteiger partial charge in [0.2, 0.25) is 5.91 Å². The van der Waals surface area contributed by atoms with E-state index in [9.17, 15) is 9.18 Å². The number of amides is 1. The molecule has 1 heterocycles.